The van der Waals surface area contributed by atoms with Gasteiger partial charge in [0, 0.05) is 24.3 Å². The van der Waals surface area contributed by atoms with E-state index >= 15 is 0 Å². The van der Waals surface area contributed by atoms with Gasteiger partial charge in [0.05, 0.1) is 30.6 Å². The molecule has 110 valence electrons. The highest BCUT2D eigenvalue weighted by molar-refractivity contribution is 5.81. The maximum atomic E-state index is 5.78. The minimum atomic E-state index is -0.278. The first-order chi connectivity index (χ1) is 10.3. The van der Waals surface area contributed by atoms with Crippen LogP contribution in [-0.4, -0.2) is 30.0 Å². The normalized spacial score (nSPS) is 21.9. The molecule has 1 saturated carbocycles. The van der Waals surface area contributed by atoms with E-state index in [1.54, 1.807) is 0 Å². The van der Waals surface area contributed by atoms with E-state index in [1.165, 1.54) is 5.39 Å². The van der Waals surface area contributed by atoms with Crippen molar-refractivity contribution in [3.63, 3.8) is 0 Å². The number of anilines is 1. The monoisotopic (exact) mass is 284 g/mol. The first-order valence-corrected chi connectivity index (χ1v) is 7.72. The van der Waals surface area contributed by atoms with Gasteiger partial charge in [0.1, 0.15) is 0 Å². The molecule has 1 N–H and O–H groups in total. The number of hydrogen-bond donors (Lipinski definition) is 1. The average molecular weight is 284 g/mol. The van der Waals surface area contributed by atoms with Crippen LogP contribution in [0.5, 0.6) is 0 Å². The van der Waals surface area contributed by atoms with Crippen LogP contribution in [0, 0.1) is 0 Å². The molecule has 0 atom stereocenters. The summed E-state index contributed by atoms with van der Waals surface area (Å²) < 4.78 is 11.6. The van der Waals surface area contributed by atoms with Crippen molar-refractivity contribution in [2.75, 3.05) is 18.5 Å². The molecule has 0 amide bonds. The quantitative estimate of drug-likeness (QED) is 0.918. The summed E-state index contributed by atoms with van der Waals surface area (Å²) in [7, 11) is 0. The molecule has 1 aliphatic carbocycles. The molecule has 0 unspecified atom stereocenters. The molecule has 2 aliphatic rings. The molecule has 4 rings (SSSR count). The molecule has 4 heteroatoms. The Hall–Kier alpha value is -1.65. The third-order valence-corrected chi connectivity index (χ3v) is 4.52. The Balaban J connectivity index is 1.43. The summed E-state index contributed by atoms with van der Waals surface area (Å²) in [5.41, 5.74) is 2.14. The Bertz CT molecular complexity index is 627. The minimum Gasteiger partial charge on any atom is -0.381 e. The van der Waals surface area contributed by atoms with Gasteiger partial charge in [-0.25, -0.2) is 0 Å². The lowest BCUT2D eigenvalue weighted by Crippen LogP contribution is -2.39. The van der Waals surface area contributed by atoms with E-state index in [9.17, 15) is 0 Å². The molecule has 2 fully saturated rings. The van der Waals surface area contributed by atoms with Crippen molar-refractivity contribution >= 4 is 16.6 Å². The second-order valence-electron chi connectivity index (χ2n) is 5.94. The molecule has 1 aliphatic heterocycles. The number of para-hydroxylation sites is 1. The maximum Gasteiger partial charge on any atom is 0.168 e. The molecule has 0 bridgehead atoms. The van der Waals surface area contributed by atoms with E-state index in [4.69, 9.17) is 9.47 Å². The number of benzene rings is 1. The predicted molar refractivity (Wildman–Crippen MR) is 82.3 cm³/mol. The molecule has 1 aromatic heterocycles. The van der Waals surface area contributed by atoms with Crippen LogP contribution in [0.1, 0.15) is 25.7 Å². The van der Waals surface area contributed by atoms with Crippen LogP contribution in [0.3, 0.4) is 0 Å². The molecule has 2 heterocycles. The molecular formula is C17H20N2O2. The van der Waals surface area contributed by atoms with Gasteiger partial charge in [0.15, 0.2) is 5.79 Å². The summed E-state index contributed by atoms with van der Waals surface area (Å²) in [5.74, 6) is -0.278. The molecule has 1 spiro atoms. The van der Waals surface area contributed by atoms with Gasteiger partial charge in [-0.15, -0.1) is 0 Å². The Kier molecular flexibility index (Phi) is 3.28. The van der Waals surface area contributed by atoms with Crippen molar-refractivity contribution < 1.29 is 9.47 Å². The number of ether oxygens (including phenoxy) is 2. The summed E-state index contributed by atoms with van der Waals surface area (Å²) in [6.07, 6.45) is 6.03. The second-order valence-corrected chi connectivity index (χ2v) is 5.94. The smallest absolute Gasteiger partial charge is 0.168 e. The fourth-order valence-electron chi connectivity index (χ4n) is 3.37. The molecule has 21 heavy (non-hydrogen) atoms. The molecule has 2 aromatic rings. The summed E-state index contributed by atoms with van der Waals surface area (Å²) in [4.78, 5) is 4.51. The lowest BCUT2D eigenvalue weighted by atomic mass is 9.90. The van der Waals surface area contributed by atoms with Crippen LogP contribution in [-0.2, 0) is 9.47 Å². The third-order valence-electron chi connectivity index (χ3n) is 4.52. The second kappa shape index (κ2) is 5.28. The van der Waals surface area contributed by atoms with Crippen molar-refractivity contribution in [3.05, 3.63) is 36.5 Å². The van der Waals surface area contributed by atoms with Crippen LogP contribution in [0.2, 0.25) is 0 Å². The topological polar surface area (TPSA) is 43.4 Å². The Morgan fingerprint density at radius 3 is 2.67 bits per heavy atom. The highest BCUT2D eigenvalue weighted by atomic mass is 16.7. The van der Waals surface area contributed by atoms with E-state index in [0.717, 1.165) is 50.1 Å². The third kappa shape index (κ3) is 2.61. The van der Waals surface area contributed by atoms with Crippen molar-refractivity contribution in [3.8, 4) is 0 Å². The van der Waals surface area contributed by atoms with Gasteiger partial charge in [0.2, 0.25) is 0 Å². The van der Waals surface area contributed by atoms with Crippen LogP contribution in [0.4, 0.5) is 5.69 Å². The molecule has 0 radical (unpaired) electrons. The fourth-order valence-corrected chi connectivity index (χ4v) is 3.37. The number of pyridine rings is 1. The molecule has 4 nitrogen and oxygen atoms in total. The fraction of sp³-hybridized carbons (Fsp3) is 0.471. The van der Waals surface area contributed by atoms with Crippen LogP contribution in [0.25, 0.3) is 10.9 Å². The van der Waals surface area contributed by atoms with Gasteiger partial charge in [-0.3, -0.25) is 4.98 Å². The first-order valence-electron chi connectivity index (χ1n) is 7.72. The number of rotatable bonds is 2. The van der Waals surface area contributed by atoms with Crippen molar-refractivity contribution in [2.24, 2.45) is 0 Å². The number of aromatic nitrogens is 1. The SMILES string of the molecule is c1ccc2ncc(NC3CCC4(CC3)OCCO4)cc2c1. The zero-order valence-corrected chi connectivity index (χ0v) is 12.0. The van der Waals surface area contributed by atoms with Gasteiger partial charge in [-0.05, 0) is 25.0 Å². The van der Waals surface area contributed by atoms with Gasteiger partial charge < -0.3 is 14.8 Å². The predicted octanol–water partition coefficient (Wildman–Crippen LogP) is 3.33. The van der Waals surface area contributed by atoms with Crippen molar-refractivity contribution in [1.29, 1.82) is 0 Å². The maximum absolute atomic E-state index is 5.78. The first kappa shape index (κ1) is 13.0. The largest absolute Gasteiger partial charge is 0.381 e. The van der Waals surface area contributed by atoms with Gasteiger partial charge in [-0.2, -0.15) is 0 Å². The van der Waals surface area contributed by atoms with Gasteiger partial charge >= 0.3 is 0 Å². The Morgan fingerprint density at radius 2 is 1.86 bits per heavy atom. The minimum absolute atomic E-state index is 0.278. The molecule has 1 aromatic carbocycles. The average Bonchev–Trinajstić information content (AvgIpc) is 2.98. The van der Waals surface area contributed by atoms with E-state index in [0.29, 0.717) is 6.04 Å². The number of nitrogens with one attached hydrogen (secondary N) is 1. The van der Waals surface area contributed by atoms with E-state index < -0.39 is 0 Å². The molecule has 1 saturated heterocycles. The molecular weight excluding hydrogens is 264 g/mol. The highest BCUT2D eigenvalue weighted by Crippen LogP contribution is 2.36. The standard InChI is InChI=1S/C17H20N2O2/c1-2-4-16-13(3-1)11-15(12-18-16)19-14-5-7-17(8-6-14)20-9-10-21-17/h1-4,11-12,14,19H,5-10H2. The lowest BCUT2D eigenvalue weighted by Gasteiger charge is -2.35. The lowest BCUT2D eigenvalue weighted by molar-refractivity contribution is -0.177. The summed E-state index contributed by atoms with van der Waals surface area (Å²) >= 11 is 0. The number of nitrogens with zero attached hydrogens (tertiary/aromatic N) is 1. The van der Waals surface area contributed by atoms with Gasteiger partial charge in [0.25, 0.3) is 0 Å². The number of fused-ring (bicyclic) bond motifs is 1. The Labute approximate surface area is 124 Å². The van der Waals surface area contributed by atoms with Crippen LogP contribution < -0.4 is 5.32 Å². The summed E-state index contributed by atoms with van der Waals surface area (Å²) in [6.45, 7) is 1.49. The Morgan fingerprint density at radius 1 is 1.10 bits per heavy atom. The van der Waals surface area contributed by atoms with E-state index in [-0.39, 0.29) is 5.79 Å². The van der Waals surface area contributed by atoms with Gasteiger partial charge in [-0.1, -0.05) is 18.2 Å². The summed E-state index contributed by atoms with van der Waals surface area (Å²) in [5, 5.41) is 4.78. The zero-order valence-electron chi connectivity index (χ0n) is 12.0. The summed E-state index contributed by atoms with van der Waals surface area (Å²) in [6, 6.07) is 10.9. The zero-order chi connectivity index (χ0) is 14.1. The van der Waals surface area contributed by atoms with Crippen molar-refractivity contribution in [1.82, 2.24) is 4.98 Å². The van der Waals surface area contributed by atoms with E-state index in [1.807, 2.05) is 24.4 Å². The number of hydrogen-bond acceptors (Lipinski definition) is 4. The van der Waals surface area contributed by atoms with Crippen LogP contribution in [0.15, 0.2) is 36.5 Å². The van der Waals surface area contributed by atoms with E-state index in [2.05, 4.69) is 22.4 Å². The highest BCUT2D eigenvalue weighted by Gasteiger charge is 2.40. The van der Waals surface area contributed by atoms with Crippen LogP contribution >= 0.6 is 0 Å². The van der Waals surface area contributed by atoms with Crippen molar-refractivity contribution in [2.45, 2.75) is 37.5 Å².